The highest BCUT2D eigenvalue weighted by atomic mass is 35.5. The fourth-order valence-electron chi connectivity index (χ4n) is 2.40. The van der Waals surface area contributed by atoms with Crippen molar-refractivity contribution in [3.8, 4) is 5.69 Å². The summed E-state index contributed by atoms with van der Waals surface area (Å²) in [5.41, 5.74) is 1.88. The third-order valence-corrected chi connectivity index (χ3v) is 4.84. The van der Waals surface area contributed by atoms with Gasteiger partial charge in [-0.05, 0) is 42.8 Å². The van der Waals surface area contributed by atoms with Crippen LogP contribution in [0.1, 0.15) is 11.3 Å². The minimum atomic E-state index is -1.10. The standard InChI is InChI=1S/C18H16ClFN4O2S/c1-11-2-4-14(20)15(8-11)24-17(27-13-3-5-16(19)22-10-13)9-12(23-24)6-7-21-18(25)26/h2-5,8-10,21H,6-7H2,1H3,(H,25,26). The maximum absolute atomic E-state index is 14.4. The summed E-state index contributed by atoms with van der Waals surface area (Å²) in [4.78, 5) is 15.5. The molecule has 27 heavy (non-hydrogen) atoms. The quantitative estimate of drug-likeness (QED) is 0.595. The molecule has 0 unspecified atom stereocenters. The Labute approximate surface area is 164 Å². The van der Waals surface area contributed by atoms with Gasteiger partial charge in [0.05, 0.1) is 5.69 Å². The van der Waals surface area contributed by atoms with Crippen LogP contribution in [-0.4, -0.2) is 32.5 Å². The Morgan fingerprint density at radius 2 is 2.15 bits per heavy atom. The second-order valence-corrected chi connectivity index (χ2v) is 7.22. The molecule has 0 bridgehead atoms. The Morgan fingerprint density at radius 1 is 1.33 bits per heavy atom. The van der Waals surface area contributed by atoms with E-state index in [1.807, 2.05) is 19.1 Å². The van der Waals surface area contributed by atoms with Crippen LogP contribution in [0, 0.1) is 12.7 Å². The van der Waals surface area contributed by atoms with Crippen LogP contribution in [0.3, 0.4) is 0 Å². The van der Waals surface area contributed by atoms with Gasteiger partial charge in [-0.25, -0.2) is 18.9 Å². The molecule has 2 N–H and O–H groups in total. The molecule has 0 saturated carbocycles. The summed E-state index contributed by atoms with van der Waals surface area (Å²) in [6.45, 7) is 2.09. The molecule has 0 atom stereocenters. The number of hydrogen-bond donors (Lipinski definition) is 2. The molecule has 9 heteroatoms. The van der Waals surface area contributed by atoms with Crippen molar-refractivity contribution in [1.82, 2.24) is 20.1 Å². The van der Waals surface area contributed by atoms with Crippen LogP contribution < -0.4 is 5.32 Å². The Kier molecular flexibility index (Phi) is 5.98. The first kappa shape index (κ1) is 19.2. The molecule has 2 aromatic heterocycles. The van der Waals surface area contributed by atoms with Crippen LogP contribution in [-0.2, 0) is 6.42 Å². The van der Waals surface area contributed by atoms with E-state index in [4.69, 9.17) is 16.7 Å². The topological polar surface area (TPSA) is 80.0 Å². The largest absolute Gasteiger partial charge is 0.465 e. The lowest BCUT2D eigenvalue weighted by Gasteiger charge is -2.09. The van der Waals surface area contributed by atoms with E-state index in [1.54, 1.807) is 24.4 Å². The SMILES string of the molecule is Cc1ccc(F)c(-n2nc(CCNC(=O)O)cc2Sc2ccc(Cl)nc2)c1. The average Bonchev–Trinajstić information content (AvgIpc) is 3.01. The molecule has 1 amide bonds. The molecule has 3 aromatic rings. The molecule has 0 radical (unpaired) electrons. The van der Waals surface area contributed by atoms with Crippen molar-refractivity contribution in [1.29, 1.82) is 0 Å². The predicted octanol–water partition coefficient (Wildman–Crippen LogP) is 4.33. The number of hydrogen-bond acceptors (Lipinski definition) is 4. The van der Waals surface area contributed by atoms with E-state index >= 15 is 0 Å². The molecular weight excluding hydrogens is 391 g/mol. The van der Waals surface area contributed by atoms with Crippen molar-refractivity contribution in [2.75, 3.05) is 6.54 Å². The van der Waals surface area contributed by atoms with E-state index in [2.05, 4.69) is 15.4 Å². The van der Waals surface area contributed by atoms with Gasteiger partial charge in [-0.2, -0.15) is 5.10 Å². The zero-order valence-corrected chi connectivity index (χ0v) is 15.9. The molecule has 140 valence electrons. The monoisotopic (exact) mass is 406 g/mol. The van der Waals surface area contributed by atoms with Crippen LogP contribution in [0.15, 0.2) is 52.5 Å². The summed E-state index contributed by atoms with van der Waals surface area (Å²) in [5.74, 6) is -0.394. The molecule has 3 rings (SSSR count). The fraction of sp³-hybridized carbons (Fsp3) is 0.167. The first-order chi connectivity index (χ1) is 12.9. The molecule has 0 aliphatic rings. The van der Waals surface area contributed by atoms with Gasteiger partial charge in [0.15, 0.2) is 0 Å². The fourth-order valence-corrected chi connectivity index (χ4v) is 3.42. The first-order valence-electron chi connectivity index (χ1n) is 8.04. The van der Waals surface area contributed by atoms with Gasteiger partial charge in [0, 0.05) is 24.1 Å². The first-order valence-corrected chi connectivity index (χ1v) is 9.23. The Morgan fingerprint density at radius 3 is 2.85 bits per heavy atom. The highest BCUT2D eigenvalue weighted by Gasteiger charge is 2.15. The maximum atomic E-state index is 14.4. The number of aryl methyl sites for hydroxylation is 1. The number of pyridine rings is 1. The number of amides is 1. The Bertz CT molecular complexity index is 962. The smallest absolute Gasteiger partial charge is 0.404 e. The molecule has 1 aromatic carbocycles. The number of halogens is 2. The molecule has 0 aliphatic carbocycles. The van der Waals surface area contributed by atoms with E-state index in [9.17, 15) is 9.18 Å². The lowest BCUT2D eigenvalue weighted by Crippen LogP contribution is -2.23. The van der Waals surface area contributed by atoms with Crippen molar-refractivity contribution in [2.24, 2.45) is 0 Å². The third kappa shape index (κ3) is 4.99. The second-order valence-electron chi connectivity index (χ2n) is 5.74. The molecule has 0 aliphatic heterocycles. The van der Waals surface area contributed by atoms with Crippen molar-refractivity contribution in [2.45, 2.75) is 23.3 Å². The van der Waals surface area contributed by atoms with E-state index in [0.717, 1.165) is 10.5 Å². The van der Waals surface area contributed by atoms with Crippen molar-refractivity contribution in [3.63, 3.8) is 0 Å². The van der Waals surface area contributed by atoms with Crippen LogP contribution in [0.5, 0.6) is 0 Å². The Hall–Kier alpha value is -2.58. The molecule has 0 saturated heterocycles. The maximum Gasteiger partial charge on any atom is 0.404 e. The molecule has 6 nitrogen and oxygen atoms in total. The number of benzene rings is 1. The van der Waals surface area contributed by atoms with Gasteiger partial charge in [0.1, 0.15) is 21.7 Å². The highest BCUT2D eigenvalue weighted by Crippen LogP contribution is 2.31. The van der Waals surface area contributed by atoms with Gasteiger partial charge < -0.3 is 10.4 Å². The average molecular weight is 407 g/mol. The lowest BCUT2D eigenvalue weighted by molar-refractivity contribution is 0.194. The number of aromatic nitrogens is 3. The van der Waals surface area contributed by atoms with Crippen LogP contribution in [0.2, 0.25) is 5.15 Å². The van der Waals surface area contributed by atoms with Crippen molar-refractivity contribution < 1.29 is 14.3 Å². The van der Waals surface area contributed by atoms with Gasteiger partial charge in [-0.1, -0.05) is 29.4 Å². The molecule has 0 fully saturated rings. The second kappa shape index (κ2) is 8.41. The number of nitrogens with zero attached hydrogens (tertiary/aromatic N) is 3. The minimum Gasteiger partial charge on any atom is -0.465 e. The van der Waals surface area contributed by atoms with E-state index in [1.165, 1.54) is 22.5 Å². The molecule has 2 heterocycles. The van der Waals surface area contributed by atoms with Gasteiger partial charge in [-0.15, -0.1) is 0 Å². The van der Waals surface area contributed by atoms with Crippen LogP contribution in [0.4, 0.5) is 9.18 Å². The Balaban J connectivity index is 1.95. The number of carbonyl (C=O) groups is 1. The van der Waals surface area contributed by atoms with E-state index in [-0.39, 0.29) is 6.54 Å². The number of rotatable bonds is 6. The van der Waals surface area contributed by atoms with Gasteiger partial charge in [-0.3, -0.25) is 0 Å². The lowest BCUT2D eigenvalue weighted by atomic mass is 10.2. The number of nitrogens with one attached hydrogen (secondary N) is 1. The summed E-state index contributed by atoms with van der Waals surface area (Å²) in [6.07, 6.45) is 0.919. The normalized spacial score (nSPS) is 10.8. The number of carboxylic acid groups (broad SMARTS) is 1. The van der Waals surface area contributed by atoms with Crippen LogP contribution in [0.25, 0.3) is 5.69 Å². The summed E-state index contributed by atoms with van der Waals surface area (Å²) < 4.78 is 15.9. The van der Waals surface area contributed by atoms with Gasteiger partial charge >= 0.3 is 6.09 Å². The van der Waals surface area contributed by atoms with Gasteiger partial charge in [0.25, 0.3) is 0 Å². The summed E-state index contributed by atoms with van der Waals surface area (Å²) in [5, 5.41) is 16.6. The molecular formula is C18H16ClFN4O2S. The summed E-state index contributed by atoms with van der Waals surface area (Å²) in [7, 11) is 0. The van der Waals surface area contributed by atoms with E-state index < -0.39 is 11.9 Å². The summed E-state index contributed by atoms with van der Waals surface area (Å²) in [6, 6.07) is 10.1. The third-order valence-electron chi connectivity index (χ3n) is 3.64. The minimum absolute atomic E-state index is 0.218. The van der Waals surface area contributed by atoms with Crippen molar-refractivity contribution >= 4 is 29.5 Å². The predicted molar refractivity (Wildman–Crippen MR) is 101 cm³/mol. The van der Waals surface area contributed by atoms with Crippen LogP contribution >= 0.6 is 23.4 Å². The van der Waals surface area contributed by atoms with Gasteiger partial charge in [0.2, 0.25) is 0 Å². The zero-order chi connectivity index (χ0) is 19.4. The zero-order valence-electron chi connectivity index (χ0n) is 14.3. The highest BCUT2D eigenvalue weighted by molar-refractivity contribution is 7.99. The molecule has 0 spiro atoms. The summed E-state index contributed by atoms with van der Waals surface area (Å²) >= 11 is 7.19. The van der Waals surface area contributed by atoms with E-state index in [0.29, 0.717) is 28.0 Å². The van der Waals surface area contributed by atoms with Crippen molar-refractivity contribution in [3.05, 3.63) is 64.8 Å².